The van der Waals surface area contributed by atoms with Gasteiger partial charge >= 0.3 is 0 Å². The summed E-state index contributed by atoms with van der Waals surface area (Å²) in [6.07, 6.45) is -46.1. The predicted octanol–water partition coefficient (Wildman–Crippen LogP) is -11.9. The Balaban J connectivity index is 1.26. The Morgan fingerprint density at radius 3 is 0.982 bits per heavy atom. The van der Waals surface area contributed by atoms with Crippen molar-refractivity contribution in [2.24, 2.45) is 0 Å². The zero-order chi connectivity index (χ0) is 41.3. The zero-order valence-corrected chi connectivity index (χ0v) is 29.2. The van der Waals surface area contributed by atoms with Gasteiger partial charge in [-0.05, 0) is 0 Å². The SMILES string of the molecule is OC[C@H]1O[C@@H](O[C@@H]2[C@@H](O)[C@H](O[C@H]3[C@H](O)[C@@H](O)[C@H](O[C@H]4[C@H](O)[C@@H](O)[C@H](O[C@H]5[C@H](O)[C@@H](O)C(O)O[C@@H]5CO)O[C@@H]4CO)O[C@@H]3CO)O[C@H](CO)[C@H]2O)[C@H](O)[C@@H](O)[C@@H]1O. The standard InChI is InChI=1S/C30H52O26/c31-1-6-11(36)13(38)18(43)27(49-6)56-25-12(37)7(2-32)50-30(21(25)46)55-24-10(5-35)52-29(20(45)16(24)41)54-23-9(4-34)51-28(19(44)15(23)40)53-22-8(3-33)48-26(47)17(42)14(22)39/h6-47H,1-5H2/t6-,7-,8-,9-,10-,11-,12-,13+,14-,15-,16-,17-,18-,19-,20-,21-,22-,23-,24-,25+,26?,27+,28+,29+,30+/m1/s1. The van der Waals surface area contributed by atoms with E-state index in [1.165, 1.54) is 0 Å². The van der Waals surface area contributed by atoms with Gasteiger partial charge in [0.1, 0.15) is 122 Å². The molecule has 25 atom stereocenters. The largest absolute Gasteiger partial charge is 0.394 e. The summed E-state index contributed by atoms with van der Waals surface area (Å²) in [5.74, 6) is 0. The van der Waals surface area contributed by atoms with Gasteiger partial charge in [0.25, 0.3) is 0 Å². The number of rotatable bonds is 13. The maximum atomic E-state index is 11.1. The number of aliphatic hydroxyl groups excluding tert-OH is 17. The number of aliphatic hydroxyl groups is 17. The normalized spacial score (nSPS) is 53.2. The highest BCUT2D eigenvalue weighted by Gasteiger charge is 2.56. The average molecular weight is 829 g/mol. The summed E-state index contributed by atoms with van der Waals surface area (Å²) < 4.78 is 49.1. The molecule has 26 heteroatoms. The van der Waals surface area contributed by atoms with Gasteiger partial charge in [0.2, 0.25) is 0 Å². The van der Waals surface area contributed by atoms with Crippen molar-refractivity contribution in [3.63, 3.8) is 0 Å². The van der Waals surface area contributed by atoms with Crippen LogP contribution in [0.25, 0.3) is 0 Å². The number of hydrogen-bond donors (Lipinski definition) is 17. The average Bonchev–Trinajstić information content (AvgIpc) is 3.19. The molecule has 1 unspecified atom stereocenters. The summed E-state index contributed by atoms with van der Waals surface area (Å²) in [6, 6.07) is 0. The topological polar surface area (TPSA) is 427 Å². The molecule has 5 rings (SSSR count). The van der Waals surface area contributed by atoms with Crippen LogP contribution in [0.4, 0.5) is 0 Å². The van der Waals surface area contributed by atoms with E-state index >= 15 is 0 Å². The molecule has 56 heavy (non-hydrogen) atoms. The summed E-state index contributed by atoms with van der Waals surface area (Å²) in [5, 5.41) is 176. The van der Waals surface area contributed by atoms with Crippen LogP contribution in [0.3, 0.4) is 0 Å². The van der Waals surface area contributed by atoms with Crippen LogP contribution in [0, 0.1) is 0 Å². The molecule has 0 bridgehead atoms. The van der Waals surface area contributed by atoms with Gasteiger partial charge in [-0.3, -0.25) is 0 Å². The third-order valence-electron chi connectivity index (χ3n) is 10.3. The van der Waals surface area contributed by atoms with E-state index in [0.29, 0.717) is 0 Å². The van der Waals surface area contributed by atoms with Crippen molar-refractivity contribution in [1.82, 2.24) is 0 Å². The van der Waals surface area contributed by atoms with Gasteiger partial charge in [-0.1, -0.05) is 0 Å². The van der Waals surface area contributed by atoms with Crippen molar-refractivity contribution in [2.45, 2.75) is 154 Å². The Labute approximate surface area is 316 Å². The molecule has 0 aromatic rings. The van der Waals surface area contributed by atoms with E-state index in [-0.39, 0.29) is 0 Å². The van der Waals surface area contributed by atoms with Gasteiger partial charge in [-0.15, -0.1) is 0 Å². The Bertz CT molecular complexity index is 1200. The zero-order valence-electron chi connectivity index (χ0n) is 29.2. The maximum absolute atomic E-state index is 11.1. The first-order valence-corrected chi connectivity index (χ1v) is 17.6. The second-order valence-electron chi connectivity index (χ2n) is 13.9. The number of ether oxygens (including phenoxy) is 9. The van der Waals surface area contributed by atoms with Crippen molar-refractivity contribution in [3.8, 4) is 0 Å². The van der Waals surface area contributed by atoms with E-state index in [2.05, 4.69) is 0 Å². The van der Waals surface area contributed by atoms with Crippen molar-refractivity contribution in [3.05, 3.63) is 0 Å². The molecule has 5 fully saturated rings. The lowest BCUT2D eigenvalue weighted by molar-refractivity contribution is -0.393. The van der Waals surface area contributed by atoms with E-state index < -0.39 is 187 Å². The van der Waals surface area contributed by atoms with Crippen LogP contribution in [0.5, 0.6) is 0 Å². The van der Waals surface area contributed by atoms with Crippen molar-refractivity contribution in [2.75, 3.05) is 33.0 Å². The molecule has 328 valence electrons. The van der Waals surface area contributed by atoms with Crippen LogP contribution in [-0.2, 0) is 42.6 Å². The van der Waals surface area contributed by atoms with Crippen LogP contribution in [0.2, 0.25) is 0 Å². The lowest BCUT2D eigenvalue weighted by Gasteiger charge is -2.49. The molecule has 0 saturated carbocycles. The summed E-state index contributed by atoms with van der Waals surface area (Å²) in [5.41, 5.74) is 0. The van der Waals surface area contributed by atoms with Gasteiger partial charge in [-0.2, -0.15) is 0 Å². The minimum Gasteiger partial charge on any atom is -0.394 e. The quantitative estimate of drug-likeness (QED) is 0.0819. The van der Waals surface area contributed by atoms with Gasteiger partial charge in [0, 0.05) is 0 Å². The fraction of sp³-hybridized carbons (Fsp3) is 1.00. The van der Waals surface area contributed by atoms with Crippen LogP contribution < -0.4 is 0 Å². The fourth-order valence-corrected chi connectivity index (χ4v) is 7.03. The Morgan fingerprint density at radius 2 is 0.571 bits per heavy atom. The Hall–Kier alpha value is -1.04. The second-order valence-corrected chi connectivity index (χ2v) is 13.9. The minimum absolute atomic E-state index is 0.835. The second kappa shape index (κ2) is 19.6. The van der Waals surface area contributed by atoms with Gasteiger partial charge in [-0.25, -0.2) is 0 Å². The maximum Gasteiger partial charge on any atom is 0.187 e. The molecule has 17 N–H and O–H groups in total. The molecule has 0 aromatic carbocycles. The van der Waals surface area contributed by atoms with Crippen molar-refractivity contribution >= 4 is 0 Å². The van der Waals surface area contributed by atoms with E-state index in [9.17, 15) is 86.8 Å². The molecule has 26 nitrogen and oxygen atoms in total. The lowest BCUT2D eigenvalue weighted by atomic mass is 9.95. The van der Waals surface area contributed by atoms with Crippen LogP contribution in [0.1, 0.15) is 0 Å². The van der Waals surface area contributed by atoms with Crippen LogP contribution in [0.15, 0.2) is 0 Å². The summed E-state index contributed by atoms with van der Waals surface area (Å²) >= 11 is 0. The van der Waals surface area contributed by atoms with Crippen LogP contribution in [-0.4, -0.2) is 273 Å². The van der Waals surface area contributed by atoms with Gasteiger partial charge in [0.15, 0.2) is 31.5 Å². The molecule has 0 radical (unpaired) electrons. The highest BCUT2D eigenvalue weighted by Crippen LogP contribution is 2.35. The first kappa shape index (κ1) is 46.0. The molecule has 0 aromatic heterocycles. The summed E-state index contributed by atoms with van der Waals surface area (Å²) in [6.45, 7) is -4.54. The molecule has 0 amide bonds. The molecular formula is C30H52O26. The first-order valence-electron chi connectivity index (χ1n) is 17.6. The third kappa shape index (κ3) is 9.16. The van der Waals surface area contributed by atoms with Crippen molar-refractivity contribution in [1.29, 1.82) is 0 Å². The molecule has 5 aliphatic heterocycles. The first-order chi connectivity index (χ1) is 26.5. The predicted molar refractivity (Wildman–Crippen MR) is 167 cm³/mol. The molecular weight excluding hydrogens is 776 g/mol. The monoisotopic (exact) mass is 828 g/mol. The Kier molecular flexibility index (Phi) is 16.1. The molecule has 0 spiro atoms. The molecule has 5 aliphatic rings. The van der Waals surface area contributed by atoms with Gasteiger partial charge in [0.05, 0.1) is 33.0 Å². The molecule has 0 aliphatic carbocycles. The summed E-state index contributed by atoms with van der Waals surface area (Å²) in [4.78, 5) is 0. The highest BCUT2D eigenvalue weighted by molar-refractivity contribution is 4.99. The van der Waals surface area contributed by atoms with E-state index in [1.807, 2.05) is 0 Å². The smallest absolute Gasteiger partial charge is 0.187 e. The summed E-state index contributed by atoms with van der Waals surface area (Å²) in [7, 11) is 0. The van der Waals surface area contributed by atoms with Crippen LogP contribution >= 0.6 is 0 Å². The van der Waals surface area contributed by atoms with E-state index in [0.717, 1.165) is 0 Å². The van der Waals surface area contributed by atoms with E-state index in [1.54, 1.807) is 0 Å². The highest BCUT2D eigenvalue weighted by atomic mass is 16.8. The molecule has 5 saturated heterocycles. The van der Waals surface area contributed by atoms with Gasteiger partial charge < -0.3 is 129 Å². The van der Waals surface area contributed by atoms with E-state index in [4.69, 9.17) is 42.6 Å². The lowest BCUT2D eigenvalue weighted by Crippen LogP contribution is -2.68. The Morgan fingerprint density at radius 1 is 0.268 bits per heavy atom. The third-order valence-corrected chi connectivity index (χ3v) is 10.3. The minimum atomic E-state index is -2.13. The fourth-order valence-electron chi connectivity index (χ4n) is 7.03. The number of hydrogen-bond acceptors (Lipinski definition) is 26. The van der Waals surface area contributed by atoms with Crippen molar-refractivity contribution < 1.29 is 129 Å². The molecule has 5 heterocycles.